The number of hydrogen-bond acceptors (Lipinski definition) is 3. The van der Waals surface area contributed by atoms with Crippen LogP contribution in [0, 0.1) is 0 Å². The SMILES string of the molecule is OB(O)On1cccc2c1c1cccc3c1c1[n+](cc[n+]21)C3. The van der Waals surface area contributed by atoms with Crippen molar-refractivity contribution in [2.45, 2.75) is 6.54 Å². The summed E-state index contributed by atoms with van der Waals surface area (Å²) in [7, 11) is -1.87. The number of fused-ring (bicyclic) bond motifs is 3. The Balaban J connectivity index is 2.07. The third-order valence-electron chi connectivity index (χ3n) is 4.27. The van der Waals surface area contributed by atoms with E-state index in [2.05, 4.69) is 21.2 Å². The normalized spacial score (nSPS) is 12.8. The Bertz CT molecular complexity index is 1070. The van der Waals surface area contributed by atoms with Crippen LogP contribution in [0.2, 0.25) is 0 Å². The van der Waals surface area contributed by atoms with Crippen molar-refractivity contribution in [2.75, 3.05) is 0 Å². The standard InChI is InChI=1S/C15H12BN3O3/c20-16(21)22-19-6-2-5-12-14(19)11-4-1-3-10-9-17-7-8-18(12)15(17)13(10)11/h1-8,20-21H,9H2/q+2. The first kappa shape index (κ1) is 12.0. The van der Waals surface area contributed by atoms with Gasteiger partial charge in [0.25, 0.3) is 0 Å². The van der Waals surface area contributed by atoms with Crippen LogP contribution in [0.15, 0.2) is 48.9 Å². The molecule has 0 spiro atoms. The van der Waals surface area contributed by atoms with Gasteiger partial charge in [0.2, 0.25) is 17.9 Å². The zero-order valence-electron chi connectivity index (χ0n) is 11.5. The van der Waals surface area contributed by atoms with E-state index < -0.39 is 7.32 Å². The summed E-state index contributed by atoms with van der Waals surface area (Å²) < 4.78 is 10.9. The van der Waals surface area contributed by atoms with Gasteiger partial charge in [-0.15, -0.1) is 4.57 Å². The molecular formula is C15H12BN3O3+2. The summed E-state index contributed by atoms with van der Waals surface area (Å²) in [6.07, 6.45) is 5.76. The van der Waals surface area contributed by atoms with Gasteiger partial charge < -0.3 is 14.8 Å². The molecule has 2 N–H and O–H groups in total. The average Bonchev–Trinajstić information content (AvgIpc) is 3.05. The van der Waals surface area contributed by atoms with E-state index in [1.165, 1.54) is 15.7 Å². The van der Waals surface area contributed by atoms with Crippen LogP contribution in [-0.4, -0.2) is 22.1 Å². The molecule has 4 aromatic rings. The van der Waals surface area contributed by atoms with Gasteiger partial charge in [-0.1, -0.05) is 22.6 Å². The molecule has 5 rings (SSSR count). The molecular weight excluding hydrogens is 281 g/mol. The molecule has 3 aromatic heterocycles. The number of hydrogen-bond donors (Lipinski definition) is 2. The van der Waals surface area contributed by atoms with Gasteiger partial charge in [-0.05, 0) is 6.07 Å². The fraction of sp³-hybridized carbons (Fsp3) is 0.0667. The highest BCUT2D eigenvalue weighted by Crippen LogP contribution is 2.30. The summed E-state index contributed by atoms with van der Waals surface area (Å²) in [5.41, 5.74) is 4.17. The molecule has 0 atom stereocenters. The molecule has 0 saturated carbocycles. The van der Waals surface area contributed by atoms with Crippen molar-refractivity contribution in [1.29, 1.82) is 0 Å². The van der Waals surface area contributed by atoms with E-state index in [0.29, 0.717) is 0 Å². The lowest BCUT2D eigenvalue weighted by molar-refractivity contribution is -0.688. The summed E-state index contributed by atoms with van der Waals surface area (Å²) in [6, 6.07) is 9.99. The van der Waals surface area contributed by atoms with Crippen molar-refractivity contribution in [3.05, 3.63) is 54.5 Å². The quantitative estimate of drug-likeness (QED) is 0.264. The summed E-state index contributed by atoms with van der Waals surface area (Å²) >= 11 is 0. The predicted molar refractivity (Wildman–Crippen MR) is 78.7 cm³/mol. The molecule has 0 unspecified atom stereocenters. The molecule has 0 aliphatic carbocycles. The van der Waals surface area contributed by atoms with Crippen molar-refractivity contribution in [3.63, 3.8) is 0 Å². The first-order valence-electron chi connectivity index (χ1n) is 7.06. The number of pyridine rings is 2. The lowest BCUT2D eigenvalue weighted by Crippen LogP contribution is -2.34. The lowest BCUT2D eigenvalue weighted by Gasteiger charge is -2.11. The molecule has 0 saturated heterocycles. The number of benzene rings is 1. The summed E-state index contributed by atoms with van der Waals surface area (Å²) in [5, 5.41) is 20.6. The second kappa shape index (κ2) is 3.97. The van der Waals surface area contributed by atoms with Crippen molar-refractivity contribution in [1.82, 2.24) is 4.73 Å². The second-order valence-electron chi connectivity index (χ2n) is 5.46. The Morgan fingerprint density at radius 2 is 2.05 bits per heavy atom. The number of imidazole rings is 1. The predicted octanol–water partition coefficient (Wildman–Crippen LogP) is -0.420. The van der Waals surface area contributed by atoms with Crippen LogP contribution in [-0.2, 0) is 6.54 Å². The van der Waals surface area contributed by atoms with Crippen molar-refractivity contribution in [3.8, 4) is 0 Å². The minimum Gasteiger partial charge on any atom is -0.421 e. The maximum absolute atomic E-state index is 9.18. The topological polar surface area (TPSA) is 62.6 Å². The van der Waals surface area contributed by atoms with Gasteiger partial charge in [0.1, 0.15) is 5.39 Å². The summed E-state index contributed by atoms with van der Waals surface area (Å²) in [6.45, 7) is 0.850. The van der Waals surface area contributed by atoms with E-state index in [9.17, 15) is 10.0 Å². The first-order valence-corrected chi connectivity index (χ1v) is 7.06. The van der Waals surface area contributed by atoms with Crippen LogP contribution in [0.3, 0.4) is 0 Å². The molecule has 7 heteroatoms. The van der Waals surface area contributed by atoms with Crippen LogP contribution in [0.4, 0.5) is 0 Å². The zero-order valence-corrected chi connectivity index (χ0v) is 11.5. The smallest absolute Gasteiger partial charge is 0.421 e. The Labute approximate surface area is 125 Å². The maximum atomic E-state index is 9.18. The average molecular weight is 293 g/mol. The van der Waals surface area contributed by atoms with Gasteiger partial charge in [-0.2, -0.15) is 4.73 Å². The highest BCUT2D eigenvalue weighted by Gasteiger charge is 2.35. The minimum atomic E-state index is -1.87. The second-order valence-corrected chi connectivity index (χ2v) is 5.46. The Hall–Kier alpha value is -2.64. The van der Waals surface area contributed by atoms with Gasteiger partial charge in [-0.25, -0.2) is 0 Å². The fourth-order valence-electron chi connectivity index (χ4n) is 3.51. The highest BCUT2D eigenvalue weighted by molar-refractivity contribution is 6.33. The van der Waals surface area contributed by atoms with Crippen molar-refractivity contribution >= 4 is 34.8 Å². The van der Waals surface area contributed by atoms with E-state index in [4.69, 9.17) is 4.76 Å². The monoisotopic (exact) mass is 293 g/mol. The number of aromatic nitrogens is 3. The molecule has 0 bridgehead atoms. The van der Waals surface area contributed by atoms with E-state index >= 15 is 0 Å². The lowest BCUT2D eigenvalue weighted by atomic mass is 10.1. The van der Waals surface area contributed by atoms with Crippen molar-refractivity contribution in [2.24, 2.45) is 0 Å². The maximum Gasteiger partial charge on any atom is 0.728 e. The third-order valence-corrected chi connectivity index (χ3v) is 4.27. The van der Waals surface area contributed by atoms with Crippen LogP contribution >= 0.6 is 0 Å². The first-order chi connectivity index (χ1) is 10.7. The minimum absolute atomic E-state index is 0.810. The van der Waals surface area contributed by atoms with Gasteiger partial charge >= 0.3 is 13.0 Å². The molecule has 106 valence electrons. The molecule has 0 fully saturated rings. The number of nitrogens with zero attached hydrogens (tertiary/aromatic N) is 3. The fourth-order valence-corrected chi connectivity index (χ4v) is 3.51. The highest BCUT2D eigenvalue weighted by atomic mass is 16.7. The largest absolute Gasteiger partial charge is 0.728 e. The molecule has 1 aromatic carbocycles. The van der Waals surface area contributed by atoms with E-state index in [0.717, 1.165) is 28.6 Å². The third kappa shape index (κ3) is 1.37. The van der Waals surface area contributed by atoms with Crippen LogP contribution in [0.25, 0.3) is 27.5 Å². The molecule has 6 nitrogen and oxygen atoms in total. The van der Waals surface area contributed by atoms with E-state index in [1.807, 2.05) is 30.5 Å². The Morgan fingerprint density at radius 1 is 1.14 bits per heavy atom. The summed E-state index contributed by atoms with van der Waals surface area (Å²) in [5.74, 6) is 0. The molecule has 0 amide bonds. The Morgan fingerprint density at radius 3 is 2.91 bits per heavy atom. The molecule has 0 radical (unpaired) electrons. The van der Waals surface area contributed by atoms with Crippen LogP contribution in [0.1, 0.15) is 5.56 Å². The van der Waals surface area contributed by atoms with Gasteiger partial charge in [0.05, 0.1) is 0 Å². The van der Waals surface area contributed by atoms with Crippen molar-refractivity contribution < 1.29 is 23.8 Å². The zero-order chi connectivity index (χ0) is 14.8. The van der Waals surface area contributed by atoms with E-state index in [1.54, 1.807) is 6.20 Å². The summed E-state index contributed by atoms with van der Waals surface area (Å²) in [4.78, 5) is 0. The van der Waals surface area contributed by atoms with Gasteiger partial charge in [-0.3, -0.25) is 0 Å². The molecule has 1 aliphatic rings. The van der Waals surface area contributed by atoms with Crippen LogP contribution < -0.4 is 13.7 Å². The molecule has 4 heterocycles. The van der Waals surface area contributed by atoms with Gasteiger partial charge in [0.15, 0.2) is 12.1 Å². The van der Waals surface area contributed by atoms with E-state index in [-0.39, 0.29) is 0 Å². The van der Waals surface area contributed by atoms with Crippen LogP contribution in [0.5, 0.6) is 0 Å². The Kier molecular flexibility index (Phi) is 2.16. The van der Waals surface area contributed by atoms with Gasteiger partial charge in [0, 0.05) is 23.2 Å². The molecule has 1 aliphatic heterocycles. The molecule has 22 heavy (non-hydrogen) atoms. The number of rotatable bonds is 2.